The maximum Gasteiger partial charge on any atom is 0.134 e. The molecule has 2 aromatic rings. The molecule has 19 heavy (non-hydrogen) atoms. The minimum absolute atomic E-state index is 0.702. The fourth-order valence-corrected chi connectivity index (χ4v) is 2.53. The number of anilines is 2. The summed E-state index contributed by atoms with van der Waals surface area (Å²) < 4.78 is 0. The Hall–Kier alpha value is -1.69. The fraction of sp³-hybridized carbons (Fsp3) is 0.462. The minimum atomic E-state index is 0.702. The van der Waals surface area contributed by atoms with Gasteiger partial charge in [-0.2, -0.15) is 0 Å². The molecule has 5 nitrogen and oxygen atoms in total. The predicted octanol–water partition coefficient (Wildman–Crippen LogP) is 2.85. The summed E-state index contributed by atoms with van der Waals surface area (Å²) in [6.45, 7) is 7.76. The Balaban J connectivity index is 2.04. The number of aromatic nitrogens is 3. The van der Waals surface area contributed by atoms with E-state index in [1.165, 1.54) is 4.88 Å². The second-order valence-corrected chi connectivity index (χ2v) is 5.35. The molecule has 0 saturated carbocycles. The van der Waals surface area contributed by atoms with Crippen molar-refractivity contribution < 1.29 is 0 Å². The van der Waals surface area contributed by atoms with E-state index in [2.05, 4.69) is 39.4 Å². The first-order chi connectivity index (χ1) is 9.24. The van der Waals surface area contributed by atoms with Crippen molar-refractivity contribution in [3.8, 4) is 0 Å². The van der Waals surface area contributed by atoms with Gasteiger partial charge in [0.1, 0.15) is 23.0 Å². The first kappa shape index (κ1) is 13.7. The third kappa shape index (κ3) is 3.41. The van der Waals surface area contributed by atoms with E-state index in [1.54, 1.807) is 17.7 Å². The number of hydrogen-bond donors (Lipinski definition) is 2. The molecule has 0 saturated heterocycles. The average Bonchev–Trinajstić information content (AvgIpc) is 2.88. The van der Waals surface area contributed by atoms with Crippen LogP contribution in [0.15, 0.2) is 12.5 Å². The van der Waals surface area contributed by atoms with Crippen LogP contribution in [-0.2, 0) is 13.0 Å². The summed E-state index contributed by atoms with van der Waals surface area (Å²) in [6, 6.07) is 0. The molecule has 0 amide bonds. The third-order valence-electron chi connectivity index (χ3n) is 2.79. The molecule has 2 heterocycles. The van der Waals surface area contributed by atoms with Crippen molar-refractivity contribution in [1.82, 2.24) is 15.0 Å². The van der Waals surface area contributed by atoms with Gasteiger partial charge in [0.05, 0.1) is 6.54 Å². The highest BCUT2D eigenvalue weighted by molar-refractivity contribution is 7.11. The largest absolute Gasteiger partial charge is 0.370 e. The van der Waals surface area contributed by atoms with Crippen LogP contribution >= 0.6 is 11.3 Å². The predicted molar refractivity (Wildman–Crippen MR) is 79.8 cm³/mol. The van der Waals surface area contributed by atoms with Crippen LogP contribution in [0, 0.1) is 6.92 Å². The van der Waals surface area contributed by atoms with Gasteiger partial charge in [-0.3, -0.25) is 0 Å². The minimum Gasteiger partial charge on any atom is -0.370 e. The molecule has 0 unspecified atom stereocenters. The van der Waals surface area contributed by atoms with Gasteiger partial charge >= 0.3 is 0 Å². The molecule has 0 aliphatic heterocycles. The van der Waals surface area contributed by atoms with E-state index >= 15 is 0 Å². The molecule has 6 heteroatoms. The number of nitrogens with one attached hydrogen (secondary N) is 2. The van der Waals surface area contributed by atoms with Gasteiger partial charge in [-0.1, -0.05) is 6.92 Å². The summed E-state index contributed by atoms with van der Waals surface area (Å²) >= 11 is 1.74. The molecule has 2 rings (SSSR count). The van der Waals surface area contributed by atoms with E-state index < -0.39 is 0 Å². The van der Waals surface area contributed by atoms with Crippen LogP contribution in [0.25, 0.3) is 0 Å². The van der Waals surface area contributed by atoms with Gasteiger partial charge in [-0.15, -0.1) is 11.3 Å². The Labute approximate surface area is 117 Å². The molecular weight excluding hydrogens is 258 g/mol. The van der Waals surface area contributed by atoms with Crippen molar-refractivity contribution in [2.45, 2.75) is 33.7 Å². The average molecular weight is 277 g/mol. The molecule has 0 atom stereocenters. The van der Waals surface area contributed by atoms with Gasteiger partial charge in [-0.25, -0.2) is 15.0 Å². The van der Waals surface area contributed by atoms with Crippen LogP contribution in [0.4, 0.5) is 11.6 Å². The van der Waals surface area contributed by atoms with E-state index in [-0.39, 0.29) is 0 Å². The standard InChI is InChI=1S/C13H19N5S/c1-4-10-6-15-11(19-10)7-16-13-9(3)12(14-5-2)17-8-18-13/h6,8H,4-5,7H2,1-3H3,(H2,14,16,17,18). The molecule has 102 valence electrons. The van der Waals surface area contributed by atoms with Gasteiger partial charge < -0.3 is 10.6 Å². The van der Waals surface area contributed by atoms with Crippen LogP contribution in [-0.4, -0.2) is 21.5 Å². The topological polar surface area (TPSA) is 62.7 Å². The summed E-state index contributed by atoms with van der Waals surface area (Å²) in [5.74, 6) is 1.74. The van der Waals surface area contributed by atoms with E-state index in [0.29, 0.717) is 6.54 Å². The highest BCUT2D eigenvalue weighted by atomic mass is 32.1. The van der Waals surface area contributed by atoms with Crippen molar-refractivity contribution in [3.63, 3.8) is 0 Å². The Bertz CT molecular complexity index is 538. The number of hydrogen-bond acceptors (Lipinski definition) is 6. The normalized spacial score (nSPS) is 10.5. The second-order valence-electron chi connectivity index (χ2n) is 4.15. The molecule has 0 aromatic carbocycles. The molecule has 0 radical (unpaired) electrons. The summed E-state index contributed by atoms with van der Waals surface area (Å²) in [7, 11) is 0. The Morgan fingerprint density at radius 2 is 1.84 bits per heavy atom. The zero-order valence-electron chi connectivity index (χ0n) is 11.5. The summed E-state index contributed by atoms with van der Waals surface area (Å²) in [5.41, 5.74) is 1.04. The molecule has 2 N–H and O–H groups in total. The highest BCUT2D eigenvalue weighted by Gasteiger charge is 2.07. The molecular formula is C13H19N5S. The van der Waals surface area contributed by atoms with Crippen LogP contribution < -0.4 is 10.6 Å². The van der Waals surface area contributed by atoms with Gasteiger partial charge in [0, 0.05) is 23.2 Å². The maximum absolute atomic E-state index is 4.39. The number of aryl methyl sites for hydroxylation is 1. The van der Waals surface area contributed by atoms with Crippen LogP contribution in [0.3, 0.4) is 0 Å². The quantitative estimate of drug-likeness (QED) is 0.850. The number of thiazole rings is 1. The third-order valence-corrected chi connectivity index (χ3v) is 3.93. The first-order valence-electron chi connectivity index (χ1n) is 6.47. The van der Waals surface area contributed by atoms with Crippen LogP contribution in [0.1, 0.15) is 29.3 Å². The van der Waals surface area contributed by atoms with Crippen LogP contribution in [0.5, 0.6) is 0 Å². The molecule has 0 aliphatic rings. The first-order valence-corrected chi connectivity index (χ1v) is 7.29. The zero-order chi connectivity index (χ0) is 13.7. The monoisotopic (exact) mass is 277 g/mol. The number of nitrogens with zero attached hydrogens (tertiary/aromatic N) is 3. The van der Waals surface area contributed by atoms with E-state index in [4.69, 9.17) is 0 Å². The summed E-state index contributed by atoms with van der Waals surface area (Å²) in [4.78, 5) is 14.2. The Kier molecular flexibility index (Phi) is 4.68. The molecule has 0 bridgehead atoms. The lowest BCUT2D eigenvalue weighted by Crippen LogP contribution is -2.07. The number of rotatable bonds is 6. The smallest absolute Gasteiger partial charge is 0.134 e. The van der Waals surface area contributed by atoms with Gasteiger partial charge in [0.15, 0.2) is 0 Å². The van der Waals surface area contributed by atoms with Crippen molar-refractivity contribution in [3.05, 3.63) is 28.0 Å². The van der Waals surface area contributed by atoms with E-state index in [0.717, 1.165) is 35.2 Å². The fourth-order valence-electron chi connectivity index (χ4n) is 1.73. The molecule has 0 fully saturated rings. The van der Waals surface area contributed by atoms with Gasteiger partial charge in [-0.05, 0) is 20.3 Å². The lowest BCUT2D eigenvalue weighted by Gasteiger charge is -2.10. The van der Waals surface area contributed by atoms with Crippen molar-refractivity contribution in [2.24, 2.45) is 0 Å². The zero-order valence-corrected chi connectivity index (χ0v) is 12.3. The Morgan fingerprint density at radius 1 is 1.11 bits per heavy atom. The Morgan fingerprint density at radius 3 is 2.47 bits per heavy atom. The molecule has 0 aliphatic carbocycles. The van der Waals surface area contributed by atoms with Gasteiger partial charge in [0.2, 0.25) is 0 Å². The lowest BCUT2D eigenvalue weighted by atomic mass is 10.3. The van der Waals surface area contributed by atoms with Crippen molar-refractivity contribution >= 4 is 23.0 Å². The van der Waals surface area contributed by atoms with Crippen molar-refractivity contribution in [2.75, 3.05) is 17.2 Å². The highest BCUT2D eigenvalue weighted by Crippen LogP contribution is 2.20. The van der Waals surface area contributed by atoms with E-state index in [1.807, 2.05) is 13.1 Å². The maximum atomic E-state index is 4.39. The molecule has 2 aromatic heterocycles. The lowest BCUT2D eigenvalue weighted by molar-refractivity contribution is 1.03. The second kappa shape index (κ2) is 6.47. The SMILES string of the molecule is CCNc1ncnc(NCc2ncc(CC)s2)c1C. The van der Waals surface area contributed by atoms with Crippen molar-refractivity contribution in [1.29, 1.82) is 0 Å². The summed E-state index contributed by atoms with van der Waals surface area (Å²) in [6.07, 6.45) is 4.56. The van der Waals surface area contributed by atoms with E-state index in [9.17, 15) is 0 Å². The van der Waals surface area contributed by atoms with Crippen LogP contribution in [0.2, 0.25) is 0 Å². The summed E-state index contributed by atoms with van der Waals surface area (Å²) in [5, 5.41) is 7.63. The molecule has 0 spiro atoms. The van der Waals surface area contributed by atoms with Gasteiger partial charge in [0.25, 0.3) is 0 Å².